The fourth-order valence-electron chi connectivity index (χ4n) is 3.28. The Bertz CT molecular complexity index is 529. The van der Waals surface area contributed by atoms with Gasteiger partial charge in [-0.05, 0) is 12.8 Å². The molecule has 1 unspecified atom stereocenters. The van der Waals surface area contributed by atoms with Gasteiger partial charge in [0.15, 0.2) is 6.54 Å². The van der Waals surface area contributed by atoms with Crippen LogP contribution >= 0.6 is 0 Å². The molecule has 118 valence electrons. The summed E-state index contributed by atoms with van der Waals surface area (Å²) in [5.74, 6) is 0.0666. The van der Waals surface area contributed by atoms with Gasteiger partial charge in [0.1, 0.15) is 12.1 Å². The van der Waals surface area contributed by atoms with Gasteiger partial charge in [-0.2, -0.15) is 5.26 Å². The summed E-state index contributed by atoms with van der Waals surface area (Å²) in [7, 11) is 3.82. The van der Waals surface area contributed by atoms with Crippen molar-refractivity contribution in [3.63, 3.8) is 0 Å². The zero-order valence-electron chi connectivity index (χ0n) is 13.6. The van der Waals surface area contributed by atoms with E-state index in [0.29, 0.717) is 6.54 Å². The number of rotatable bonds is 5. The molecule has 1 saturated carbocycles. The highest BCUT2D eigenvalue weighted by Gasteiger charge is 2.39. The lowest BCUT2D eigenvalue weighted by Gasteiger charge is -2.39. The number of amides is 1. The van der Waals surface area contributed by atoms with E-state index in [9.17, 15) is 10.1 Å². The highest BCUT2D eigenvalue weighted by Crippen LogP contribution is 2.32. The SMILES string of the molecule is CN(C(=O)C[NH+](C)Cc1ccccc1)C1(C#N)CCCCC1. The van der Waals surface area contributed by atoms with Crippen molar-refractivity contribution in [2.75, 3.05) is 20.6 Å². The van der Waals surface area contributed by atoms with E-state index >= 15 is 0 Å². The third-order valence-corrected chi connectivity index (χ3v) is 4.71. The Balaban J connectivity index is 1.94. The van der Waals surface area contributed by atoms with Gasteiger partial charge in [0.2, 0.25) is 0 Å². The van der Waals surface area contributed by atoms with Crippen molar-refractivity contribution in [1.82, 2.24) is 4.90 Å². The summed E-state index contributed by atoms with van der Waals surface area (Å²) in [5.41, 5.74) is 0.644. The lowest BCUT2D eigenvalue weighted by Crippen LogP contribution is -3.09. The predicted molar refractivity (Wildman–Crippen MR) is 86.1 cm³/mol. The standard InChI is InChI=1S/C18H25N3O/c1-20(13-16-9-5-3-6-10-16)14-17(22)21(2)18(15-19)11-7-4-8-12-18/h3,5-6,9-10H,4,7-8,11-14H2,1-2H3/p+1. The van der Waals surface area contributed by atoms with Crippen molar-refractivity contribution >= 4 is 5.91 Å². The van der Waals surface area contributed by atoms with Crippen LogP contribution in [0.5, 0.6) is 0 Å². The molecule has 1 N–H and O–H groups in total. The monoisotopic (exact) mass is 300 g/mol. The molecule has 4 heteroatoms. The van der Waals surface area contributed by atoms with Gasteiger partial charge in [0.05, 0.1) is 13.1 Å². The second kappa shape index (κ2) is 7.42. The van der Waals surface area contributed by atoms with Crippen molar-refractivity contribution in [3.8, 4) is 6.07 Å². The quantitative estimate of drug-likeness (QED) is 0.893. The van der Waals surface area contributed by atoms with E-state index in [1.807, 2.05) is 25.2 Å². The number of nitriles is 1. The number of carbonyl (C=O) groups is 1. The van der Waals surface area contributed by atoms with Crippen molar-refractivity contribution in [2.45, 2.75) is 44.2 Å². The Kier molecular flexibility index (Phi) is 5.57. The molecule has 0 heterocycles. The highest BCUT2D eigenvalue weighted by molar-refractivity contribution is 5.78. The first-order valence-corrected chi connectivity index (χ1v) is 8.10. The van der Waals surface area contributed by atoms with Gasteiger partial charge in [-0.1, -0.05) is 49.6 Å². The Morgan fingerprint density at radius 1 is 1.27 bits per heavy atom. The average Bonchev–Trinajstić information content (AvgIpc) is 2.55. The van der Waals surface area contributed by atoms with Crippen LogP contribution < -0.4 is 4.90 Å². The van der Waals surface area contributed by atoms with Crippen molar-refractivity contribution in [3.05, 3.63) is 35.9 Å². The van der Waals surface area contributed by atoms with Crippen LogP contribution in [-0.2, 0) is 11.3 Å². The molecule has 0 aliphatic heterocycles. The molecule has 2 rings (SSSR count). The van der Waals surface area contributed by atoms with E-state index < -0.39 is 5.54 Å². The molecule has 1 fully saturated rings. The van der Waals surface area contributed by atoms with E-state index in [1.165, 1.54) is 12.0 Å². The Labute approximate surface area is 133 Å². The Morgan fingerprint density at radius 2 is 1.91 bits per heavy atom. The molecule has 0 aromatic heterocycles. The summed E-state index contributed by atoms with van der Waals surface area (Å²) >= 11 is 0. The second-order valence-electron chi connectivity index (χ2n) is 6.45. The van der Waals surface area contributed by atoms with Crippen LogP contribution in [0.25, 0.3) is 0 Å². The first-order chi connectivity index (χ1) is 10.6. The fraction of sp³-hybridized carbons (Fsp3) is 0.556. The minimum atomic E-state index is -0.581. The first kappa shape index (κ1) is 16.5. The molecule has 1 aromatic carbocycles. The summed E-state index contributed by atoms with van der Waals surface area (Å²) in [6.07, 6.45) is 4.87. The van der Waals surface area contributed by atoms with Gasteiger partial charge in [0, 0.05) is 12.6 Å². The second-order valence-corrected chi connectivity index (χ2v) is 6.45. The van der Waals surface area contributed by atoms with Gasteiger partial charge < -0.3 is 9.80 Å². The topological polar surface area (TPSA) is 48.5 Å². The molecule has 22 heavy (non-hydrogen) atoms. The molecule has 1 aliphatic carbocycles. The minimum Gasteiger partial charge on any atom is -0.326 e. The molecule has 0 spiro atoms. The van der Waals surface area contributed by atoms with Crippen LogP contribution in [0.15, 0.2) is 30.3 Å². The van der Waals surface area contributed by atoms with E-state index in [1.54, 1.807) is 11.9 Å². The van der Waals surface area contributed by atoms with Gasteiger partial charge in [-0.3, -0.25) is 4.79 Å². The smallest absolute Gasteiger partial charge is 0.278 e. The number of hydrogen-bond acceptors (Lipinski definition) is 2. The number of carbonyl (C=O) groups excluding carboxylic acids is 1. The van der Waals surface area contributed by atoms with Gasteiger partial charge in [0.25, 0.3) is 5.91 Å². The molecular formula is C18H26N3O+. The maximum atomic E-state index is 12.6. The number of nitrogens with one attached hydrogen (secondary N) is 1. The van der Waals surface area contributed by atoms with E-state index in [4.69, 9.17) is 0 Å². The maximum Gasteiger partial charge on any atom is 0.278 e. The molecule has 0 bridgehead atoms. The largest absolute Gasteiger partial charge is 0.326 e. The van der Waals surface area contributed by atoms with Gasteiger partial charge in [-0.15, -0.1) is 0 Å². The van der Waals surface area contributed by atoms with Crippen molar-refractivity contribution in [1.29, 1.82) is 5.26 Å². The first-order valence-electron chi connectivity index (χ1n) is 8.10. The van der Waals surface area contributed by atoms with E-state index in [0.717, 1.165) is 37.1 Å². The lowest BCUT2D eigenvalue weighted by atomic mass is 9.81. The number of hydrogen-bond donors (Lipinski definition) is 1. The molecule has 4 nitrogen and oxygen atoms in total. The Morgan fingerprint density at radius 3 is 2.50 bits per heavy atom. The van der Waals surface area contributed by atoms with Crippen molar-refractivity contribution in [2.24, 2.45) is 0 Å². The molecule has 0 radical (unpaired) electrons. The van der Waals surface area contributed by atoms with Crippen LogP contribution in [0, 0.1) is 11.3 Å². The zero-order valence-corrected chi connectivity index (χ0v) is 13.6. The molecule has 1 aromatic rings. The number of nitrogens with zero attached hydrogens (tertiary/aromatic N) is 2. The molecular weight excluding hydrogens is 274 g/mol. The van der Waals surface area contributed by atoms with Gasteiger partial charge >= 0.3 is 0 Å². The Hall–Kier alpha value is -1.86. The average molecular weight is 300 g/mol. The summed E-state index contributed by atoms with van der Waals surface area (Å²) < 4.78 is 0. The van der Waals surface area contributed by atoms with Gasteiger partial charge in [-0.25, -0.2) is 0 Å². The van der Waals surface area contributed by atoms with E-state index in [2.05, 4.69) is 18.2 Å². The number of likely N-dealkylation sites (N-methyl/N-ethyl adjacent to an activating group) is 2. The lowest BCUT2D eigenvalue weighted by molar-refractivity contribution is -0.885. The third-order valence-electron chi connectivity index (χ3n) is 4.71. The molecule has 1 aliphatic rings. The molecule has 1 amide bonds. The summed E-state index contributed by atoms with van der Waals surface area (Å²) in [6, 6.07) is 12.6. The van der Waals surface area contributed by atoms with Crippen LogP contribution in [0.2, 0.25) is 0 Å². The molecule has 1 atom stereocenters. The minimum absolute atomic E-state index is 0.0666. The molecule has 0 saturated heterocycles. The fourth-order valence-corrected chi connectivity index (χ4v) is 3.28. The van der Waals surface area contributed by atoms with Crippen molar-refractivity contribution < 1.29 is 9.69 Å². The summed E-state index contributed by atoms with van der Waals surface area (Å²) in [6.45, 7) is 1.24. The summed E-state index contributed by atoms with van der Waals surface area (Å²) in [5, 5.41) is 9.58. The third kappa shape index (κ3) is 3.86. The van der Waals surface area contributed by atoms with Crippen LogP contribution in [0.4, 0.5) is 0 Å². The normalized spacial score (nSPS) is 18.2. The van der Waals surface area contributed by atoms with Crippen LogP contribution in [0.1, 0.15) is 37.7 Å². The maximum absolute atomic E-state index is 12.6. The predicted octanol–water partition coefficient (Wildman–Crippen LogP) is 1.39. The zero-order chi connectivity index (χ0) is 16.0. The summed E-state index contributed by atoms with van der Waals surface area (Å²) in [4.78, 5) is 15.4. The number of benzene rings is 1. The van der Waals surface area contributed by atoms with Crippen LogP contribution in [-0.4, -0.2) is 37.0 Å². The number of quaternary nitrogens is 1. The van der Waals surface area contributed by atoms with E-state index in [-0.39, 0.29) is 5.91 Å². The van der Waals surface area contributed by atoms with Crippen LogP contribution in [0.3, 0.4) is 0 Å². The highest BCUT2D eigenvalue weighted by atomic mass is 16.2.